The van der Waals surface area contributed by atoms with Gasteiger partial charge < -0.3 is 20.9 Å². The Morgan fingerprint density at radius 3 is 2.84 bits per heavy atom. The third-order valence-corrected chi connectivity index (χ3v) is 3.06. The summed E-state index contributed by atoms with van der Waals surface area (Å²) in [5.74, 6) is -0.433. The van der Waals surface area contributed by atoms with Crippen molar-refractivity contribution in [3.05, 3.63) is 35.4 Å². The molecule has 5 heteroatoms. The van der Waals surface area contributed by atoms with Gasteiger partial charge in [-0.15, -0.1) is 0 Å². The van der Waals surface area contributed by atoms with E-state index in [4.69, 9.17) is 15.6 Å². The minimum atomic E-state index is -0.433. The van der Waals surface area contributed by atoms with Crippen LogP contribution in [0.5, 0.6) is 0 Å². The van der Waals surface area contributed by atoms with Crippen LogP contribution in [0.15, 0.2) is 24.3 Å². The minimum absolute atomic E-state index is 0.0915. The average Bonchev–Trinajstić information content (AvgIpc) is 2.37. The van der Waals surface area contributed by atoms with Crippen molar-refractivity contribution < 1.29 is 14.6 Å². The number of methoxy groups -OCH3 is 1. The van der Waals surface area contributed by atoms with Crippen molar-refractivity contribution in [3.63, 3.8) is 0 Å². The number of aliphatic hydroxyl groups excluding tert-OH is 1. The zero-order valence-corrected chi connectivity index (χ0v) is 11.5. The molecule has 0 aliphatic heterocycles. The van der Waals surface area contributed by atoms with Crippen LogP contribution >= 0.6 is 0 Å². The third-order valence-electron chi connectivity index (χ3n) is 3.06. The number of rotatable bonds is 8. The van der Waals surface area contributed by atoms with Crippen LogP contribution in [0.4, 0.5) is 0 Å². The molecule has 1 rings (SSSR count). The molecule has 1 amide bonds. The lowest BCUT2D eigenvalue weighted by atomic mass is 9.98. The van der Waals surface area contributed by atoms with E-state index < -0.39 is 5.91 Å². The fraction of sp³-hybridized carbons (Fsp3) is 0.500. The second-order valence-corrected chi connectivity index (χ2v) is 4.89. The number of nitrogens with two attached hydrogens (primary N) is 1. The number of carbonyl (C=O) groups excluding carboxylic acids is 1. The van der Waals surface area contributed by atoms with Crippen molar-refractivity contribution in [2.75, 3.05) is 20.3 Å². The van der Waals surface area contributed by atoms with Crippen molar-refractivity contribution in [2.24, 2.45) is 5.73 Å². The topological polar surface area (TPSA) is 84.6 Å². The lowest BCUT2D eigenvalue weighted by Crippen LogP contribution is -2.46. The largest absolute Gasteiger partial charge is 0.396 e. The van der Waals surface area contributed by atoms with Gasteiger partial charge in [-0.2, -0.15) is 0 Å². The molecule has 19 heavy (non-hydrogen) atoms. The lowest BCUT2D eigenvalue weighted by Gasteiger charge is -2.29. The monoisotopic (exact) mass is 266 g/mol. The van der Waals surface area contributed by atoms with Crippen molar-refractivity contribution >= 4 is 5.91 Å². The number of amides is 1. The van der Waals surface area contributed by atoms with Gasteiger partial charge in [-0.3, -0.25) is 4.79 Å². The normalized spacial score (nSPS) is 14.1. The summed E-state index contributed by atoms with van der Waals surface area (Å²) < 4.78 is 5.16. The summed E-state index contributed by atoms with van der Waals surface area (Å²) in [5.41, 5.74) is 6.41. The fourth-order valence-electron chi connectivity index (χ4n) is 1.93. The van der Waals surface area contributed by atoms with E-state index in [1.165, 1.54) is 0 Å². The zero-order valence-electron chi connectivity index (χ0n) is 11.5. The molecule has 0 fully saturated rings. The van der Waals surface area contributed by atoms with E-state index in [0.717, 1.165) is 5.56 Å². The summed E-state index contributed by atoms with van der Waals surface area (Å²) in [7, 11) is 1.63. The lowest BCUT2D eigenvalue weighted by molar-refractivity contribution is 0.0969. The number of aliphatic hydroxyl groups is 1. The number of nitrogens with one attached hydrogen (secondary N) is 1. The van der Waals surface area contributed by atoms with Crippen LogP contribution < -0.4 is 11.1 Å². The first-order chi connectivity index (χ1) is 9.00. The van der Waals surface area contributed by atoms with E-state index in [0.29, 0.717) is 25.1 Å². The Hall–Kier alpha value is -1.43. The molecule has 1 unspecified atom stereocenters. The smallest absolute Gasteiger partial charge is 0.248 e. The highest BCUT2D eigenvalue weighted by Gasteiger charge is 2.22. The molecule has 0 heterocycles. The Labute approximate surface area is 113 Å². The predicted molar refractivity (Wildman–Crippen MR) is 73.8 cm³/mol. The number of carbonyl (C=O) groups is 1. The molecule has 0 aliphatic carbocycles. The van der Waals surface area contributed by atoms with Gasteiger partial charge in [0.05, 0.1) is 6.61 Å². The molecule has 0 aliphatic rings. The molecule has 0 radical (unpaired) electrons. The van der Waals surface area contributed by atoms with E-state index in [2.05, 4.69) is 5.32 Å². The number of benzene rings is 1. The van der Waals surface area contributed by atoms with Gasteiger partial charge in [-0.05, 0) is 31.0 Å². The van der Waals surface area contributed by atoms with Crippen LogP contribution in [0.1, 0.15) is 29.3 Å². The molecule has 1 atom stereocenters. The van der Waals surface area contributed by atoms with Crippen molar-refractivity contribution in [3.8, 4) is 0 Å². The average molecular weight is 266 g/mol. The van der Waals surface area contributed by atoms with Gasteiger partial charge in [-0.25, -0.2) is 0 Å². The van der Waals surface area contributed by atoms with Crippen molar-refractivity contribution in [1.82, 2.24) is 5.32 Å². The maximum absolute atomic E-state index is 11.1. The van der Waals surface area contributed by atoms with Crippen molar-refractivity contribution in [2.45, 2.75) is 25.4 Å². The maximum atomic E-state index is 11.1. The zero-order chi connectivity index (χ0) is 14.3. The molecule has 1 aromatic rings. The van der Waals surface area contributed by atoms with E-state index in [9.17, 15) is 4.79 Å². The Bertz CT molecular complexity index is 415. The van der Waals surface area contributed by atoms with E-state index in [-0.39, 0.29) is 12.1 Å². The molecule has 106 valence electrons. The van der Waals surface area contributed by atoms with E-state index in [1.807, 2.05) is 13.0 Å². The second-order valence-electron chi connectivity index (χ2n) is 4.89. The Balaban J connectivity index is 2.68. The number of hydrogen-bond donors (Lipinski definition) is 3. The van der Waals surface area contributed by atoms with Gasteiger partial charge in [0.1, 0.15) is 0 Å². The maximum Gasteiger partial charge on any atom is 0.248 e. The summed E-state index contributed by atoms with van der Waals surface area (Å²) in [5, 5.41) is 12.4. The first-order valence-corrected chi connectivity index (χ1v) is 6.24. The summed E-state index contributed by atoms with van der Waals surface area (Å²) in [6.45, 7) is 3.17. The molecule has 0 bridgehead atoms. The van der Waals surface area contributed by atoms with Crippen LogP contribution in [0, 0.1) is 0 Å². The summed E-state index contributed by atoms with van der Waals surface area (Å²) in [6, 6.07) is 7.18. The SMILES string of the molecule is COCC(C)(CCO)NCc1cccc(C(N)=O)c1. The molecule has 0 aromatic heterocycles. The van der Waals surface area contributed by atoms with Crippen LogP contribution in [0.3, 0.4) is 0 Å². The van der Waals surface area contributed by atoms with Gasteiger partial charge in [0, 0.05) is 31.4 Å². The first-order valence-electron chi connectivity index (χ1n) is 6.24. The van der Waals surface area contributed by atoms with Gasteiger partial charge in [0.25, 0.3) is 0 Å². The van der Waals surface area contributed by atoms with Crippen molar-refractivity contribution in [1.29, 1.82) is 0 Å². The molecule has 4 N–H and O–H groups in total. The van der Waals surface area contributed by atoms with Crippen LogP contribution in [0.2, 0.25) is 0 Å². The molecule has 1 aromatic carbocycles. The Morgan fingerprint density at radius 1 is 1.53 bits per heavy atom. The van der Waals surface area contributed by atoms with Crippen LogP contribution in [-0.4, -0.2) is 36.9 Å². The number of primary amides is 1. The molecule has 5 nitrogen and oxygen atoms in total. The highest BCUT2D eigenvalue weighted by Crippen LogP contribution is 2.12. The molecule has 0 spiro atoms. The fourth-order valence-corrected chi connectivity index (χ4v) is 1.93. The molecule has 0 saturated carbocycles. The summed E-state index contributed by atoms with van der Waals surface area (Å²) in [4.78, 5) is 11.1. The Kier molecular flexibility index (Phi) is 5.95. The first kappa shape index (κ1) is 15.6. The molecular weight excluding hydrogens is 244 g/mol. The van der Waals surface area contributed by atoms with Crippen LogP contribution in [0.25, 0.3) is 0 Å². The second kappa shape index (κ2) is 7.23. The quantitative estimate of drug-likeness (QED) is 0.645. The highest BCUT2D eigenvalue weighted by molar-refractivity contribution is 5.92. The molecular formula is C14H22N2O3. The van der Waals surface area contributed by atoms with Gasteiger partial charge >= 0.3 is 0 Å². The van der Waals surface area contributed by atoms with Gasteiger partial charge in [0.2, 0.25) is 5.91 Å². The molecule has 0 saturated heterocycles. The standard InChI is InChI=1S/C14H22N2O3/c1-14(6-7-17,10-19-2)16-9-11-4-3-5-12(8-11)13(15)18/h3-5,8,16-17H,6-7,9-10H2,1-2H3,(H2,15,18). The van der Waals surface area contributed by atoms with Gasteiger partial charge in [-0.1, -0.05) is 12.1 Å². The number of ether oxygens (including phenoxy) is 1. The highest BCUT2D eigenvalue weighted by atomic mass is 16.5. The van der Waals surface area contributed by atoms with Crippen LogP contribution in [-0.2, 0) is 11.3 Å². The van der Waals surface area contributed by atoms with Gasteiger partial charge in [0.15, 0.2) is 0 Å². The van der Waals surface area contributed by atoms with E-state index >= 15 is 0 Å². The third kappa shape index (κ3) is 4.98. The number of hydrogen-bond acceptors (Lipinski definition) is 4. The minimum Gasteiger partial charge on any atom is -0.396 e. The van der Waals surface area contributed by atoms with E-state index in [1.54, 1.807) is 25.3 Å². The predicted octanol–water partition coefficient (Wildman–Crippen LogP) is 0.663. The summed E-state index contributed by atoms with van der Waals surface area (Å²) in [6.07, 6.45) is 0.594. The summed E-state index contributed by atoms with van der Waals surface area (Å²) >= 11 is 0. The Morgan fingerprint density at radius 2 is 2.26 bits per heavy atom.